The maximum atomic E-state index is 12.2. The first-order chi connectivity index (χ1) is 12.5. The normalized spacial score (nSPS) is 17.2. The number of rotatable bonds is 7. The molecule has 0 unspecified atom stereocenters. The summed E-state index contributed by atoms with van der Waals surface area (Å²) in [7, 11) is 1.67. The molecule has 7 heteroatoms. The zero-order chi connectivity index (χ0) is 19.0. The maximum absolute atomic E-state index is 12.2. The zero-order valence-electron chi connectivity index (χ0n) is 15.8. The van der Waals surface area contributed by atoms with Gasteiger partial charge >= 0.3 is 6.03 Å². The second-order valence-corrected chi connectivity index (χ2v) is 6.54. The van der Waals surface area contributed by atoms with Crippen LogP contribution in [0.5, 0.6) is 5.75 Å². The van der Waals surface area contributed by atoms with Crippen LogP contribution in [-0.2, 0) is 14.9 Å². The highest BCUT2D eigenvalue weighted by molar-refractivity contribution is 5.96. The highest BCUT2D eigenvalue weighted by Gasteiger charge is 2.37. The maximum Gasteiger partial charge on any atom is 0.321 e. The molecular weight excluding hydrogens is 334 g/mol. The third-order valence-electron chi connectivity index (χ3n) is 4.84. The van der Waals surface area contributed by atoms with E-state index in [4.69, 9.17) is 9.47 Å². The molecule has 3 N–H and O–H groups in total. The summed E-state index contributed by atoms with van der Waals surface area (Å²) < 4.78 is 11.1. The van der Waals surface area contributed by atoms with Crippen molar-refractivity contribution in [3.63, 3.8) is 0 Å². The van der Waals surface area contributed by atoms with E-state index in [0.29, 0.717) is 26.3 Å². The van der Waals surface area contributed by atoms with Crippen LogP contribution in [-0.4, -0.2) is 51.4 Å². The van der Waals surface area contributed by atoms with Crippen molar-refractivity contribution in [2.24, 2.45) is 0 Å². The third-order valence-corrected chi connectivity index (χ3v) is 4.84. The number of urea groups is 1. The number of ether oxygens (including phenoxy) is 2. The van der Waals surface area contributed by atoms with E-state index in [1.165, 1.54) is 0 Å². The first kappa shape index (κ1) is 20.2. The minimum atomic E-state index is -0.493. The number of para-hydroxylation sites is 1. The van der Waals surface area contributed by atoms with Crippen LogP contribution < -0.4 is 20.7 Å². The smallest absolute Gasteiger partial charge is 0.321 e. The summed E-state index contributed by atoms with van der Waals surface area (Å²) in [6, 6.07) is 7.01. The van der Waals surface area contributed by atoms with Crippen LogP contribution in [0.4, 0.5) is 4.79 Å². The third kappa shape index (κ3) is 4.95. The molecule has 0 radical (unpaired) electrons. The molecule has 1 fully saturated rings. The molecule has 3 amide bonds. The van der Waals surface area contributed by atoms with Crippen LogP contribution in [0, 0.1) is 0 Å². The largest absolute Gasteiger partial charge is 0.496 e. The van der Waals surface area contributed by atoms with Crippen molar-refractivity contribution in [2.45, 2.75) is 38.1 Å². The summed E-state index contributed by atoms with van der Waals surface area (Å²) in [6.45, 7) is 5.95. The van der Waals surface area contributed by atoms with E-state index >= 15 is 0 Å². The van der Waals surface area contributed by atoms with Crippen molar-refractivity contribution >= 4 is 11.9 Å². The number of nitrogens with one attached hydrogen (secondary N) is 3. The summed E-state index contributed by atoms with van der Waals surface area (Å²) in [6.07, 6.45) is 1.68. The van der Waals surface area contributed by atoms with Gasteiger partial charge in [0, 0.05) is 37.3 Å². The lowest BCUT2D eigenvalue weighted by molar-refractivity contribution is -0.121. The van der Waals surface area contributed by atoms with Gasteiger partial charge in [-0.05, 0) is 32.8 Å². The Morgan fingerprint density at radius 3 is 2.62 bits per heavy atom. The van der Waals surface area contributed by atoms with Crippen molar-refractivity contribution in [3.8, 4) is 5.75 Å². The van der Waals surface area contributed by atoms with E-state index in [2.05, 4.69) is 22.0 Å². The van der Waals surface area contributed by atoms with Gasteiger partial charge in [-0.3, -0.25) is 10.1 Å². The molecule has 0 spiro atoms. The van der Waals surface area contributed by atoms with E-state index in [1.807, 2.05) is 18.2 Å². The summed E-state index contributed by atoms with van der Waals surface area (Å²) in [5, 5.41) is 8.18. The number of methoxy groups -OCH3 is 1. The van der Waals surface area contributed by atoms with Crippen LogP contribution in [0.25, 0.3) is 0 Å². The number of benzene rings is 1. The predicted molar refractivity (Wildman–Crippen MR) is 99.4 cm³/mol. The summed E-state index contributed by atoms with van der Waals surface area (Å²) >= 11 is 0. The fourth-order valence-corrected chi connectivity index (χ4v) is 3.25. The summed E-state index contributed by atoms with van der Waals surface area (Å²) in [5.74, 6) is 0.494. The molecule has 0 aliphatic carbocycles. The SMILES string of the molecule is CCNC(=O)NC(=O)[C@H](C)NCC1(c2ccccc2OC)CCOCC1. The molecule has 1 atom stereocenters. The van der Waals surface area contributed by atoms with Gasteiger partial charge in [0.25, 0.3) is 0 Å². The number of amides is 3. The van der Waals surface area contributed by atoms with E-state index in [0.717, 1.165) is 24.2 Å². The van der Waals surface area contributed by atoms with E-state index < -0.39 is 12.1 Å². The van der Waals surface area contributed by atoms with Crippen molar-refractivity contribution in [3.05, 3.63) is 29.8 Å². The van der Waals surface area contributed by atoms with E-state index in [1.54, 1.807) is 21.0 Å². The summed E-state index contributed by atoms with van der Waals surface area (Å²) in [4.78, 5) is 23.7. The van der Waals surface area contributed by atoms with Gasteiger partial charge in [-0.25, -0.2) is 4.79 Å². The van der Waals surface area contributed by atoms with Gasteiger partial charge in [0.2, 0.25) is 5.91 Å². The number of carbonyl (C=O) groups is 2. The average Bonchev–Trinajstić information content (AvgIpc) is 2.67. The fraction of sp³-hybridized carbons (Fsp3) is 0.579. The predicted octanol–water partition coefficient (Wildman–Crippen LogP) is 1.57. The molecule has 2 rings (SSSR count). The van der Waals surface area contributed by atoms with Gasteiger partial charge in [0.05, 0.1) is 13.2 Å². The van der Waals surface area contributed by atoms with Crippen LogP contribution in [0.15, 0.2) is 24.3 Å². The molecule has 0 bridgehead atoms. The van der Waals surface area contributed by atoms with Crippen LogP contribution >= 0.6 is 0 Å². The monoisotopic (exact) mass is 363 g/mol. The Labute approximate surface area is 154 Å². The topological polar surface area (TPSA) is 88.7 Å². The number of carbonyl (C=O) groups excluding carboxylic acids is 2. The Hall–Kier alpha value is -2.12. The Morgan fingerprint density at radius 1 is 1.27 bits per heavy atom. The van der Waals surface area contributed by atoms with E-state index in [-0.39, 0.29) is 11.3 Å². The number of hydrogen-bond acceptors (Lipinski definition) is 5. The summed E-state index contributed by atoms with van der Waals surface area (Å²) in [5.41, 5.74) is 0.945. The van der Waals surface area contributed by atoms with Crippen LogP contribution in [0.1, 0.15) is 32.3 Å². The average molecular weight is 363 g/mol. The second kappa shape index (κ2) is 9.54. The van der Waals surface area contributed by atoms with Gasteiger partial charge in [0.15, 0.2) is 0 Å². The first-order valence-electron chi connectivity index (χ1n) is 9.05. The van der Waals surface area contributed by atoms with Crippen LogP contribution in [0.2, 0.25) is 0 Å². The molecule has 1 heterocycles. The molecule has 7 nitrogen and oxygen atoms in total. The lowest BCUT2D eigenvalue weighted by atomic mass is 9.73. The number of hydrogen-bond donors (Lipinski definition) is 3. The standard InChI is InChI=1S/C19H29N3O4/c1-4-20-18(24)22-17(23)14(2)21-13-19(9-11-26-12-10-19)15-7-5-6-8-16(15)25-3/h5-8,14,21H,4,9-13H2,1-3H3,(H2,20,22,23,24)/t14-/m0/s1. The molecule has 1 aliphatic heterocycles. The van der Waals surface area contributed by atoms with Crippen molar-refractivity contribution in [1.29, 1.82) is 0 Å². The molecule has 0 aromatic heterocycles. The Balaban J connectivity index is 2.09. The van der Waals surface area contributed by atoms with Gasteiger partial charge in [-0.2, -0.15) is 0 Å². The molecule has 1 aromatic rings. The quantitative estimate of drug-likeness (QED) is 0.684. The lowest BCUT2D eigenvalue weighted by Crippen LogP contribution is -2.52. The Kier molecular flexibility index (Phi) is 7.41. The van der Waals surface area contributed by atoms with Gasteiger partial charge in [0.1, 0.15) is 5.75 Å². The minimum absolute atomic E-state index is 0.176. The van der Waals surface area contributed by atoms with Crippen LogP contribution in [0.3, 0.4) is 0 Å². The lowest BCUT2D eigenvalue weighted by Gasteiger charge is -2.39. The first-order valence-corrected chi connectivity index (χ1v) is 9.05. The molecule has 1 aliphatic rings. The van der Waals surface area contributed by atoms with E-state index in [9.17, 15) is 9.59 Å². The minimum Gasteiger partial charge on any atom is -0.496 e. The highest BCUT2D eigenvalue weighted by Crippen LogP contribution is 2.39. The molecule has 144 valence electrons. The van der Waals surface area contributed by atoms with Gasteiger partial charge in [-0.15, -0.1) is 0 Å². The molecule has 1 aromatic carbocycles. The zero-order valence-corrected chi connectivity index (χ0v) is 15.8. The Bertz CT molecular complexity index is 615. The highest BCUT2D eigenvalue weighted by atomic mass is 16.5. The van der Waals surface area contributed by atoms with Gasteiger partial charge < -0.3 is 20.1 Å². The molecule has 1 saturated heterocycles. The van der Waals surface area contributed by atoms with Crippen molar-refractivity contribution in [2.75, 3.05) is 33.4 Å². The number of imide groups is 1. The van der Waals surface area contributed by atoms with Crippen molar-refractivity contribution in [1.82, 2.24) is 16.0 Å². The fourth-order valence-electron chi connectivity index (χ4n) is 3.25. The molecule has 0 saturated carbocycles. The van der Waals surface area contributed by atoms with Crippen molar-refractivity contribution < 1.29 is 19.1 Å². The molecular formula is C19H29N3O4. The van der Waals surface area contributed by atoms with Gasteiger partial charge in [-0.1, -0.05) is 18.2 Å². The second-order valence-electron chi connectivity index (χ2n) is 6.54. The Morgan fingerprint density at radius 2 is 1.96 bits per heavy atom. The molecule has 26 heavy (non-hydrogen) atoms.